The van der Waals surface area contributed by atoms with E-state index in [1.165, 1.54) is 16.7 Å². The molecule has 0 radical (unpaired) electrons. The molecule has 0 spiro atoms. The summed E-state index contributed by atoms with van der Waals surface area (Å²) >= 11 is 0. The lowest BCUT2D eigenvalue weighted by Gasteiger charge is -2.30. The van der Waals surface area contributed by atoms with E-state index in [-0.39, 0.29) is 5.92 Å². The van der Waals surface area contributed by atoms with Gasteiger partial charge in [-0.15, -0.1) is 0 Å². The number of Topliss-reactive ketones (excluding diaryl/α,β-unsaturated/α-hetero) is 1. The molecular weight excluding hydrogens is 484 g/mol. The first kappa shape index (κ1) is 30.0. The summed E-state index contributed by atoms with van der Waals surface area (Å²) < 4.78 is 0. The number of likely N-dealkylation sites (tertiary alicyclic amines) is 1. The van der Waals surface area contributed by atoms with E-state index in [1.54, 1.807) is 13.1 Å². The van der Waals surface area contributed by atoms with Crippen molar-refractivity contribution in [3.05, 3.63) is 84.1 Å². The lowest BCUT2D eigenvalue weighted by Crippen LogP contribution is -2.35. The summed E-state index contributed by atoms with van der Waals surface area (Å²) in [7, 11) is 0. The average Bonchev–Trinajstić information content (AvgIpc) is 2.95. The van der Waals surface area contributed by atoms with E-state index in [4.69, 9.17) is 5.73 Å². The Morgan fingerprint density at radius 3 is 2.15 bits per heavy atom. The predicted octanol–water partition coefficient (Wildman–Crippen LogP) is 7.21. The molecule has 0 aliphatic carbocycles. The highest BCUT2D eigenvalue weighted by molar-refractivity contribution is 6.02. The number of hydrogen-bond donors (Lipinski definition) is 2. The molecular formula is C33H44N4O2. The van der Waals surface area contributed by atoms with Gasteiger partial charge in [-0.3, -0.25) is 9.69 Å². The number of pyridine rings is 1. The monoisotopic (exact) mass is 528 g/mol. The minimum atomic E-state index is 0.272. The van der Waals surface area contributed by atoms with Crippen LogP contribution in [0.2, 0.25) is 0 Å². The highest BCUT2D eigenvalue weighted by atomic mass is 16.4. The Morgan fingerprint density at radius 2 is 1.62 bits per heavy atom. The number of aromatic nitrogens is 1. The number of nitrogens with two attached hydrogens (primary N) is 1. The van der Waals surface area contributed by atoms with E-state index in [9.17, 15) is 10.0 Å². The molecule has 0 atom stereocenters. The van der Waals surface area contributed by atoms with Crippen molar-refractivity contribution in [2.45, 2.75) is 65.8 Å². The van der Waals surface area contributed by atoms with Gasteiger partial charge in [0.05, 0.1) is 5.71 Å². The number of anilines is 1. The van der Waals surface area contributed by atoms with Gasteiger partial charge in [0.15, 0.2) is 0 Å². The van der Waals surface area contributed by atoms with E-state index < -0.39 is 0 Å². The fourth-order valence-corrected chi connectivity index (χ4v) is 5.30. The van der Waals surface area contributed by atoms with Gasteiger partial charge in [-0.2, -0.15) is 0 Å². The molecule has 39 heavy (non-hydrogen) atoms. The van der Waals surface area contributed by atoms with Crippen molar-refractivity contribution in [1.29, 1.82) is 0 Å². The molecule has 0 bridgehead atoms. The summed E-state index contributed by atoms with van der Waals surface area (Å²) in [5.74, 6) is 1.51. The molecule has 208 valence electrons. The number of benzene rings is 2. The van der Waals surface area contributed by atoms with E-state index >= 15 is 0 Å². The van der Waals surface area contributed by atoms with Gasteiger partial charge in [0.2, 0.25) is 0 Å². The van der Waals surface area contributed by atoms with Crippen LogP contribution in [0.15, 0.2) is 78.1 Å². The molecule has 0 unspecified atom stereocenters. The van der Waals surface area contributed by atoms with Crippen LogP contribution >= 0.6 is 0 Å². The number of piperidine rings is 1. The van der Waals surface area contributed by atoms with Gasteiger partial charge in [-0.25, -0.2) is 4.98 Å². The molecule has 4 rings (SSSR count). The van der Waals surface area contributed by atoms with Crippen molar-refractivity contribution in [1.82, 2.24) is 9.88 Å². The summed E-state index contributed by atoms with van der Waals surface area (Å²) in [6, 6.07) is 22.6. The van der Waals surface area contributed by atoms with Gasteiger partial charge in [0.25, 0.3) is 0 Å². The maximum atomic E-state index is 11.3. The predicted molar refractivity (Wildman–Crippen MR) is 161 cm³/mol. The number of hydrogen-bond acceptors (Lipinski definition) is 6. The molecule has 6 nitrogen and oxygen atoms in total. The molecule has 1 saturated heterocycles. The maximum absolute atomic E-state index is 11.3. The SMILES string of the molecule is CC(=O)C1CCN(Cc2ccnc(N)c2)CC1.CCCC(CCC)C(=NO)c1ccc(-c2ccccc2)cc1. The van der Waals surface area contributed by atoms with E-state index in [2.05, 4.69) is 65.3 Å². The molecule has 3 aromatic rings. The molecule has 1 aliphatic heterocycles. The number of ketones is 1. The Kier molecular flexibility index (Phi) is 12.2. The summed E-state index contributed by atoms with van der Waals surface area (Å²) in [5.41, 5.74) is 11.1. The Bertz CT molecular complexity index is 1160. The smallest absolute Gasteiger partial charge is 0.133 e. The van der Waals surface area contributed by atoms with Crippen LogP contribution in [0.1, 0.15) is 70.4 Å². The Labute approximate surface area is 234 Å². The second-order valence-corrected chi connectivity index (χ2v) is 10.5. The molecule has 0 amide bonds. The van der Waals surface area contributed by atoms with Crippen LogP contribution in [0.5, 0.6) is 0 Å². The zero-order valence-electron chi connectivity index (χ0n) is 23.7. The molecule has 1 fully saturated rings. The van der Waals surface area contributed by atoms with Crippen LogP contribution in [-0.2, 0) is 11.3 Å². The zero-order valence-corrected chi connectivity index (χ0v) is 23.7. The van der Waals surface area contributed by atoms with Gasteiger partial charge in [0.1, 0.15) is 11.6 Å². The third kappa shape index (κ3) is 9.32. The van der Waals surface area contributed by atoms with Crippen LogP contribution < -0.4 is 5.73 Å². The maximum Gasteiger partial charge on any atom is 0.133 e. The summed E-state index contributed by atoms with van der Waals surface area (Å²) in [6.45, 7) is 8.94. The second-order valence-electron chi connectivity index (χ2n) is 10.5. The van der Waals surface area contributed by atoms with Crippen LogP contribution in [0.4, 0.5) is 5.82 Å². The number of oxime groups is 1. The summed E-state index contributed by atoms with van der Waals surface area (Å²) in [6.07, 6.45) is 8.04. The molecule has 0 saturated carbocycles. The van der Waals surface area contributed by atoms with Gasteiger partial charge in [-0.1, -0.05) is 86.4 Å². The normalized spacial score (nSPS) is 14.6. The van der Waals surface area contributed by atoms with Crippen LogP contribution in [0, 0.1) is 11.8 Å². The van der Waals surface area contributed by atoms with Crippen LogP contribution in [0.25, 0.3) is 11.1 Å². The van der Waals surface area contributed by atoms with Crippen LogP contribution in [0.3, 0.4) is 0 Å². The van der Waals surface area contributed by atoms with Crippen molar-refractivity contribution < 1.29 is 10.0 Å². The minimum absolute atomic E-state index is 0.272. The first-order valence-electron chi connectivity index (χ1n) is 14.3. The Hall–Kier alpha value is -3.51. The number of rotatable bonds is 10. The molecule has 2 heterocycles. The van der Waals surface area contributed by atoms with Crippen LogP contribution in [-0.4, -0.2) is 39.7 Å². The van der Waals surface area contributed by atoms with Crippen molar-refractivity contribution in [3.8, 4) is 11.1 Å². The van der Waals surface area contributed by atoms with Crippen molar-refractivity contribution in [2.24, 2.45) is 17.0 Å². The standard InChI is InChI=1S/C20H25NO.C13H19N3O/c1-3-8-18(9-4-2)20(21-22)19-14-12-17(13-15-19)16-10-6-5-7-11-16;1-10(17)12-3-6-16(7-4-12)9-11-2-5-15-13(14)8-11/h5-7,10-15,18,22H,3-4,8-9H2,1-2H3;2,5,8,12H,3-4,6-7,9H2,1H3,(H2,14,15). The van der Waals surface area contributed by atoms with Crippen molar-refractivity contribution in [3.63, 3.8) is 0 Å². The highest BCUT2D eigenvalue weighted by Gasteiger charge is 2.22. The first-order valence-corrected chi connectivity index (χ1v) is 14.3. The fraction of sp³-hybridized carbons (Fsp3) is 0.424. The van der Waals surface area contributed by atoms with Crippen molar-refractivity contribution >= 4 is 17.3 Å². The number of carbonyl (C=O) groups is 1. The Morgan fingerprint density at radius 1 is 1.00 bits per heavy atom. The quantitative estimate of drug-likeness (QED) is 0.165. The van der Waals surface area contributed by atoms with Gasteiger partial charge < -0.3 is 10.9 Å². The highest BCUT2D eigenvalue weighted by Crippen LogP contribution is 2.24. The summed E-state index contributed by atoms with van der Waals surface area (Å²) in [4.78, 5) is 17.6. The lowest BCUT2D eigenvalue weighted by molar-refractivity contribution is -0.122. The van der Waals surface area contributed by atoms with E-state index in [0.29, 0.717) is 17.5 Å². The third-order valence-corrected chi connectivity index (χ3v) is 7.47. The summed E-state index contributed by atoms with van der Waals surface area (Å²) in [5, 5.41) is 13.1. The van der Waals surface area contributed by atoms with Gasteiger partial charge in [-0.05, 0) is 80.1 Å². The molecule has 1 aromatic heterocycles. The van der Waals surface area contributed by atoms with Gasteiger partial charge >= 0.3 is 0 Å². The number of carbonyl (C=O) groups excluding carboxylic acids is 1. The minimum Gasteiger partial charge on any atom is -0.411 e. The van der Waals surface area contributed by atoms with Crippen molar-refractivity contribution in [2.75, 3.05) is 18.8 Å². The third-order valence-electron chi connectivity index (χ3n) is 7.47. The lowest BCUT2D eigenvalue weighted by atomic mass is 9.88. The van der Waals surface area contributed by atoms with E-state index in [1.807, 2.05) is 30.3 Å². The fourth-order valence-electron chi connectivity index (χ4n) is 5.30. The second kappa shape index (κ2) is 15.8. The number of nitrogen functional groups attached to an aromatic ring is 1. The first-order chi connectivity index (χ1) is 18.9. The topological polar surface area (TPSA) is 91.8 Å². The molecule has 6 heteroatoms. The van der Waals surface area contributed by atoms with E-state index in [0.717, 1.165) is 69.4 Å². The zero-order chi connectivity index (χ0) is 28.0. The van der Waals surface area contributed by atoms with Gasteiger partial charge in [0, 0.05) is 24.6 Å². The number of nitrogens with zero attached hydrogens (tertiary/aromatic N) is 3. The molecule has 2 aromatic carbocycles. The largest absolute Gasteiger partial charge is 0.411 e. The molecule has 3 N–H and O–H groups in total. The Balaban J connectivity index is 0.000000223. The molecule has 1 aliphatic rings. The average molecular weight is 529 g/mol.